The third-order valence-corrected chi connectivity index (χ3v) is 3.03. The molecule has 0 radical (unpaired) electrons. The van der Waals surface area contributed by atoms with E-state index in [9.17, 15) is 4.79 Å². The van der Waals surface area contributed by atoms with Crippen LogP contribution in [0, 0.1) is 0 Å². The number of aromatic nitrogens is 1. The molecule has 0 saturated carbocycles. The van der Waals surface area contributed by atoms with Crippen LogP contribution >= 0.6 is 0 Å². The number of carbonyl (C=O) groups is 1. The first-order valence-corrected chi connectivity index (χ1v) is 5.64. The molecular formula is C12H17N3O. The van der Waals surface area contributed by atoms with Crippen molar-refractivity contribution in [3.63, 3.8) is 0 Å². The van der Waals surface area contributed by atoms with E-state index in [2.05, 4.69) is 10.3 Å². The lowest BCUT2D eigenvalue weighted by Gasteiger charge is -2.23. The number of hydrogen-bond acceptors (Lipinski definition) is 3. The molecule has 0 unspecified atom stereocenters. The molecule has 2 heterocycles. The third-order valence-electron chi connectivity index (χ3n) is 3.03. The summed E-state index contributed by atoms with van der Waals surface area (Å²) in [6.07, 6.45) is 2.08. The summed E-state index contributed by atoms with van der Waals surface area (Å²) in [7, 11) is 1.85. The summed E-state index contributed by atoms with van der Waals surface area (Å²) in [5.41, 5.74) is 0.986. The first kappa shape index (κ1) is 10.9. The molecule has 86 valence electrons. The van der Waals surface area contributed by atoms with Gasteiger partial charge in [0.2, 0.25) is 5.91 Å². The predicted octanol–water partition coefficient (Wildman–Crippen LogP) is 1.81. The second kappa shape index (κ2) is 4.51. The summed E-state index contributed by atoms with van der Waals surface area (Å²) in [5.74, 6) is 0.993. The fourth-order valence-electron chi connectivity index (χ4n) is 2.23. The van der Waals surface area contributed by atoms with Gasteiger partial charge in [-0.15, -0.1) is 0 Å². The number of nitrogens with zero attached hydrogens (tertiary/aromatic N) is 2. The van der Waals surface area contributed by atoms with Crippen molar-refractivity contribution < 1.29 is 4.79 Å². The number of rotatable bonds is 2. The van der Waals surface area contributed by atoms with Crippen LogP contribution in [0.4, 0.5) is 5.82 Å². The van der Waals surface area contributed by atoms with E-state index in [-0.39, 0.29) is 11.9 Å². The average Bonchev–Trinajstić information content (AvgIpc) is 2.78. The summed E-state index contributed by atoms with van der Waals surface area (Å²) >= 11 is 0. The summed E-state index contributed by atoms with van der Waals surface area (Å²) in [6, 6.07) is 6.06. The molecule has 4 nitrogen and oxygen atoms in total. The molecule has 1 saturated heterocycles. The Labute approximate surface area is 95.7 Å². The molecule has 0 aromatic carbocycles. The maximum absolute atomic E-state index is 11.5. The van der Waals surface area contributed by atoms with Gasteiger partial charge in [0.1, 0.15) is 5.82 Å². The number of anilines is 1. The number of hydrogen-bond donors (Lipinski definition) is 1. The van der Waals surface area contributed by atoms with E-state index >= 15 is 0 Å². The lowest BCUT2D eigenvalue weighted by Crippen LogP contribution is -2.28. The molecule has 1 aromatic rings. The van der Waals surface area contributed by atoms with Gasteiger partial charge in [-0.3, -0.25) is 4.79 Å². The zero-order valence-corrected chi connectivity index (χ0v) is 9.73. The Morgan fingerprint density at radius 3 is 3.06 bits per heavy atom. The number of carbonyl (C=O) groups excluding carboxylic acids is 1. The molecule has 1 aromatic heterocycles. The SMILES string of the molecule is CNc1cccc([C@@H]2CCCN2C(C)=O)n1. The van der Waals surface area contributed by atoms with E-state index in [0.717, 1.165) is 30.9 Å². The average molecular weight is 219 g/mol. The number of pyridine rings is 1. The highest BCUT2D eigenvalue weighted by Crippen LogP contribution is 2.31. The lowest BCUT2D eigenvalue weighted by atomic mass is 10.1. The molecule has 4 heteroatoms. The van der Waals surface area contributed by atoms with Crippen LogP contribution in [0.1, 0.15) is 31.5 Å². The van der Waals surface area contributed by atoms with Crippen LogP contribution < -0.4 is 5.32 Å². The van der Waals surface area contributed by atoms with Crippen molar-refractivity contribution in [1.29, 1.82) is 0 Å². The van der Waals surface area contributed by atoms with Crippen molar-refractivity contribution in [3.8, 4) is 0 Å². The fraction of sp³-hybridized carbons (Fsp3) is 0.500. The summed E-state index contributed by atoms with van der Waals surface area (Å²) < 4.78 is 0. The third kappa shape index (κ3) is 2.01. The minimum atomic E-state index is 0.138. The normalized spacial score (nSPS) is 19.9. The van der Waals surface area contributed by atoms with Crippen molar-refractivity contribution in [2.75, 3.05) is 18.9 Å². The van der Waals surface area contributed by atoms with Crippen molar-refractivity contribution in [1.82, 2.24) is 9.88 Å². The molecular weight excluding hydrogens is 202 g/mol. The van der Waals surface area contributed by atoms with Crippen molar-refractivity contribution >= 4 is 11.7 Å². The predicted molar refractivity (Wildman–Crippen MR) is 63.1 cm³/mol. The Morgan fingerprint density at radius 1 is 1.56 bits per heavy atom. The molecule has 0 bridgehead atoms. The molecule has 1 aliphatic heterocycles. The highest BCUT2D eigenvalue weighted by Gasteiger charge is 2.28. The van der Waals surface area contributed by atoms with Gasteiger partial charge in [-0.2, -0.15) is 0 Å². The van der Waals surface area contributed by atoms with Gasteiger partial charge < -0.3 is 10.2 Å². The van der Waals surface area contributed by atoms with E-state index in [1.807, 2.05) is 30.1 Å². The molecule has 1 atom stereocenters. The Kier molecular flexibility index (Phi) is 3.08. The molecule has 1 aliphatic rings. The van der Waals surface area contributed by atoms with Gasteiger partial charge in [-0.05, 0) is 25.0 Å². The van der Waals surface area contributed by atoms with Gasteiger partial charge in [-0.1, -0.05) is 6.07 Å². The summed E-state index contributed by atoms with van der Waals surface area (Å²) in [6.45, 7) is 2.48. The molecule has 0 spiro atoms. The van der Waals surface area contributed by atoms with Crippen molar-refractivity contribution in [2.24, 2.45) is 0 Å². The van der Waals surface area contributed by atoms with E-state index < -0.39 is 0 Å². The smallest absolute Gasteiger partial charge is 0.220 e. The quantitative estimate of drug-likeness (QED) is 0.825. The summed E-state index contributed by atoms with van der Waals surface area (Å²) in [5, 5.41) is 3.02. The van der Waals surface area contributed by atoms with Gasteiger partial charge in [0, 0.05) is 20.5 Å². The van der Waals surface area contributed by atoms with Crippen LogP contribution in [0.2, 0.25) is 0 Å². The van der Waals surface area contributed by atoms with Crippen LogP contribution in [-0.4, -0.2) is 29.4 Å². The first-order chi connectivity index (χ1) is 7.72. The molecule has 1 N–H and O–H groups in total. The Balaban J connectivity index is 2.25. The summed E-state index contributed by atoms with van der Waals surface area (Å²) in [4.78, 5) is 17.9. The van der Waals surface area contributed by atoms with Crippen LogP contribution in [-0.2, 0) is 4.79 Å². The van der Waals surface area contributed by atoms with Crippen molar-refractivity contribution in [3.05, 3.63) is 23.9 Å². The standard InChI is InChI=1S/C12H17N3O/c1-9(16)15-8-4-6-11(15)10-5-3-7-12(13-2)14-10/h3,5,7,11H,4,6,8H2,1-2H3,(H,13,14)/t11-/m0/s1. The maximum atomic E-state index is 11.5. The second-order valence-electron chi connectivity index (χ2n) is 4.07. The van der Waals surface area contributed by atoms with Crippen molar-refractivity contribution in [2.45, 2.75) is 25.8 Å². The highest BCUT2D eigenvalue weighted by atomic mass is 16.2. The van der Waals surface area contributed by atoms with Gasteiger partial charge in [0.05, 0.1) is 11.7 Å². The largest absolute Gasteiger partial charge is 0.373 e. The molecule has 0 aliphatic carbocycles. The molecule has 1 fully saturated rings. The van der Waals surface area contributed by atoms with Gasteiger partial charge in [0.15, 0.2) is 0 Å². The van der Waals surface area contributed by atoms with Crippen LogP contribution in [0.25, 0.3) is 0 Å². The van der Waals surface area contributed by atoms with Crippen LogP contribution in [0.3, 0.4) is 0 Å². The Morgan fingerprint density at radius 2 is 2.38 bits per heavy atom. The first-order valence-electron chi connectivity index (χ1n) is 5.64. The number of amides is 1. The molecule has 1 amide bonds. The zero-order chi connectivity index (χ0) is 11.5. The number of nitrogens with one attached hydrogen (secondary N) is 1. The lowest BCUT2D eigenvalue weighted by molar-refractivity contribution is -0.129. The van der Waals surface area contributed by atoms with Gasteiger partial charge in [-0.25, -0.2) is 4.98 Å². The van der Waals surface area contributed by atoms with E-state index in [0.29, 0.717) is 0 Å². The van der Waals surface area contributed by atoms with E-state index in [4.69, 9.17) is 0 Å². The Bertz CT molecular complexity index is 392. The van der Waals surface area contributed by atoms with Crippen LogP contribution in [0.5, 0.6) is 0 Å². The van der Waals surface area contributed by atoms with Gasteiger partial charge >= 0.3 is 0 Å². The molecule has 16 heavy (non-hydrogen) atoms. The minimum Gasteiger partial charge on any atom is -0.373 e. The monoisotopic (exact) mass is 219 g/mol. The highest BCUT2D eigenvalue weighted by molar-refractivity contribution is 5.74. The second-order valence-corrected chi connectivity index (χ2v) is 4.07. The minimum absolute atomic E-state index is 0.138. The Hall–Kier alpha value is -1.58. The maximum Gasteiger partial charge on any atom is 0.220 e. The molecule has 2 rings (SSSR count). The van der Waals surface area contributed by atoms with Gasteiger partial charge in [0.25, 0.3) is 0 Å². The van der Waals surface area contributed by atoms with Crippen LogP contribution in [0.15, 0.2) is 18.2 Å². The zero-order valence-electron chi connectivity index (χ0n) is 9.73. The van der Waals surface area contributed by atoms with E-state index in [1.165, 1.54) is 0 Å². The van der Waals surface area contributed by atoms with E-state index in [1.54, 1.807) is 6.92 Å². The fourth-order valence-corrected chi connectivity index (χ4v) is 2.23. The number of likely N-dealkylation sites (tertiary alicyclic amines) is 1. The topological polar surface area (TPSA) is 45.2 Å².